The molecule has 2 N–H and O–H groups in total. The zero-order chi connectivity index (χ0) is 20.9. The minimum absolute atomic E-state index is 0.286. The molecule has 3 rings (SSSR count). The molecule has 0 amide bonds. The summed E-state index contributed by atoms with van der Waals surface area (Å²) in [6, 6.07) is 14.0. The molecular weight excluding hydrogens is 380 g/mol. The van der Waals surface area contributed by atoms with Gasteiger partial charge in [0.25, 0.3) is 0 Å². The van der Waals surface area contributed by atoms with Gasteiger partial charge in [-0.05, 0) is 36.5 Å². The fourth-order valence-electron chi connectivity index (χ4n) is 3.15. The number of aliphatic imine (C=N–C) groups is 1. The Morgan fingerprint density at radius 2 is 2.10 bits per heavy atom. The third-order valence-corrected chi connectivity index (χ3v) is 4.80. The van der Waals surface area contributed by atoms with E-state index >= 15 is 0 Å². The molecule has 2 heterocycles. The van der Waals surface area contributed by atoms with E-state index in [0.717, 1.165) is 56.1 Å². The Kier molecular flexibility index (Phi) is 9.43. The highest BCUT2D eigenvalue weighted by atomic mass is 16.5. The maximum absolute atomic E-state index is 5.80. The highest BCUT2D eigenvalue weighted by molar-refractivity contribution is 5.79. The number of hydrogen-bond acceptors (Lipinski definition) is 5. The van der Waals surface area contributed by atoms with E-state index in [-0.39, 0.29) is 6.10 Å². The molecule has 1 aromatic carbocycles. The summed E-state index contributed by atoms with van der Waals surface area (Å²) >= 11 is 0. The van der Waals surface area contributed by atoms with Crippen LogP contribution < -0.4 is 15.4 Å². The van der Waals surface area contributed by atoms with E-state index in [1.807, 2.05) is 42.5 Å². The van der Waals surface area contributed by atoms with Gasteiger partial charge in [-0.15, -0.1) is 0 Å². The molecule has 7 nitrogen and oxygen atoms in total. The van der Waals surface area contributed by atoms with E-state index in [1.54, 1.807) is 13.2 Å². The summed E-state index contributed by atoms with van der Waals surface area (Å²) in [5.41, 5.74) is 2.20. The topological polar surface area (TPSA) is 77.0 Å². The van der Waals surface area contributed by atoms with Gasteiger partial charge in [0, 0.05) is 45.6 Å². The van der Waals surface area contributed by atoms with Crippen LogP contribution in [-0.2, 0) is 22.6 Å². The summed E-state index contributed by atoms with van der Waals surface area (Å²) in [7, 11) is 1.77. The molecule has 7 heteroatoms. The van der Waals surface area contributed by atoms with Crippen LogP contribution in [-0.4, -0.2) is 50.5 Å². The maximum Gasteiger partial charge on any atom is 0.213 e. The van der Waals surface area contributed by atoms with Gasteiger partial charge in [0.15, 0.2) is 5.96 Å². The molecule has 162 valence electrons. The van der Waals surface area contributed by atoms with E-state index in [1.165, 1.54) is 0 Å². The quantitative estimate of drug-likeness (QED) is 0.336. The van der Waals surface area contributed by atoms with E-state index in [2.05, 4.69) is 20.6 Å². The lowest BCUT2D eigenvalue weighted by molar-refractivity contribution is 0.0168. The molecule has 30 heavy (non-hydrogen) atoms. The van der Waals surface area contributed by atoms with Crippen molar-refractivity contribution < 1.29 is 14.2 Å². The molecule has 1 saturated heterocycles. The molecule has 2 aromatic rings. The van der Waals surface area contributed by atoms with Crippen LogP contribution in [0.15, 0.2) is 53.7 Å². The fraction of sp³-hybridized carbons (Fsp3) is 0.478. The van der Waals surface area contributed by atoms with Gasteiger partial charge < -0.3 is 24.8 Å². The fourth-order valence-corrected chi connectivity index (χ4v) is 3.15. The normalized spacial score (nSPS) is 16.4. The number of pyridine rings is 1. The molecule has 1 atom stereocenters. The highest BCUT2D eigenvalue weighted by Crippen LogP contribution is 2.12. The summed E-state index contributed by atoms with van der Waals surface area (Å²) in [4.78, 5) is 8.56. The second-order valence-corrected chi connectivity index (χ2v) is 7.19. The highest BCUT2D eigenvalue weighted by Gasteiger charge is 2.14. The van der Waals surface area contributed by atoms with Crippen molar-refractivity contribution in [2.45, 2.75) is 38.5 Å². The van der Waals surface area contributed by atoms with Crippen LogP contribution in [0, 0.1) is 0 Å². The van der Waals surface area contributed by atoms with Gasteiger partial charge in [-0.25, -0.2) is 4.98 Å². The smallest absolute Gasteiger partial charge is 0.213 e. The van der Waals surface area contributed by atoms with Crippen LogP contribution in [0.1, 0.15) is 30.4 Å². The summed E-state index contributed by atoms with van der Waals surface area (Å²) in [5.74, 6) is 1.38. The molecule has 1 fully saturated rings. The van der Waals surface area contributed by atoms with E-state index in [4.69, 9.17) is 14.2 Å². The largest absolute Gasteiger partial charge is 0.473 e. The number of aromatic nitrogens is 1. The van der Waals surface area contributed by atoms with Crippen molar-refractivity contribution in [1.82, 2.24) is 15.6 Å². The molecule has 0 radical (unpaired) electrons. The van der Waals surface area contributed by atoms with Crippen LogP contribution in [0.25, 0.3) is 0 Å². The minimum Gasteiger partial charge on any atom is -0.473 e. The number of hydrogen-bond donors (Lipinski definition) is 2. The van der Waals surface area contributed by atoms with Gasteiger partial charge >= 0.3 is 0 Å². The molecule has 1 aliphatic rings. The van der Waals surface area contributed by atoms with Gasteiger partial charge in [0.05, 0.1) is 12.7 Å². The van der Waals surface area contributed by atoms with Crippen molar-refractivity contribution in [3.8, 4) is 5.88 Å². The molecular formula is C23H32N4O3. The minimum atomic E-state index is 0.286. The lowest BCUT2D eigenvalue weighted by Gasteiger charge is -2.13. The Morgan fingerprint density at radius 1 is 1.20 bits per heavy atom. The molecule has 1 aromatic heterocycles. The van der Waals surface area contributed by atoms with Gasteiger partial charge in [0.1, 0.15) is 6.61 Å². The number of nitrogens with zero attached hydrogens (tertiary/aromatic N) is 2. The number of ether oxygens (including phenoxy) is 3. The molecule has 0 saturated carbocycles. The Bertz CT molecular complexity index is 764. The van der Waals surface area contributed by atoms with Crippen molar-refractivity contribution in [3.63, 3.8) is 0 Å². The number of guanidine groups is 1. The Labute approximate surface area is 178 Å². The summed E-state index contributed by atoms with van der Waals surface area (Å²) in [5, 5.41) is 6.63. The van der Waals surface area contributed by atoms with Gasteiger partial charge in [0.2, 0.25) is 5.88 Å². The number of benzene rings is 1. The van der Waals surface area contributed by atoms with Crippen LogP contribution in [0.2, 0.25) is 0 Å². The van der Waals surface area contributed by atoms with E-state index < -0.39 is 0 Å². The first-order valence-corrected chi connectivity index (χ1v) is 10.6. The second kappa shape index (κ2) is 12.8. The number of nitrogens with one attached hydrogen (secondary N) is 2. The van der Waals surface area contributed by atoms with Gasteiger partial charge in [-0.2, -0.15) is 0 Å². The zero-order valence-electron chi connectivity index (χ0n) is 17.7. The van der Waals surface area contributed by atoms with Crippen LogP contribution >= 0.6 is 0 Å². The summed E-state index contributed by atoms with van der Waals surface area (Å²) in [6.07, 6.45) is 5.23. The Balaban J connectivity index is 1.32. The monoisotopic (exact) mass is 412 g/mol. The first-order chi connectivity index (χ1) is 14.8. The lowest BCUT2D eigenvalue weighted by atomic mass is 10.2. The molecule has 0 bridgehead atoms. The van der Waals surface area contributed by atoms with Crippen LogP contribution in [0.5, 0.6) is 5.88 Å². The van der Waals surface area contributed by atoms with Crippen molar-refractivity contribution in [3.05, 3.63) is 59.8 Å². The van der Waals surface area contributed by atoms with Gasteiger partial charge in [-0.1, -0.05) is 30.3 Å². The van der Waals surface area contributed by atoms with E-state index in [9.17, 15) is 0 Å². The van der Waals surface area contributed by atoms with Crippen LogP contribution in [0.3, 0.4) is 0 Å². The Hall–Kier alpha value is -2.64. The molecule has 1 aliphatic heterocycles. The average molecular weight is 413 g/mol. The second-order valence-electron chi connectivity index (χ2n) is 7.19. The van der Waals surface area contributed by atoms with Crippen LogP contribution in [0.4, 0.5) is 0 Å². The first kappa shape index (κ1) is 22.1. The zero-order valence-corrected chi connectivity index (χ0v) is 17.7. The molecule has 1 unspecified atom stereocenters. The number of rotatable bonds is 11. The SMILES string of the molecule is CN=C(NCCCOCC1CCCO1)NCc1ccnc(OCc2ccccc2)c1. The standard InChI is InChI=1S/C23H32N4O3/c1-24-23(26-11-6-13-28-18-21-9-5-14-29-21)27-16-20-10-12-25-22(15-20)30-17-19-7-3-2-4-8-19/h2-4,7-8,10,12,15,21H,5-6,9,11,13-14,16-18H2,1H3,(H2,24,26,27). The van der Waals surface area contributed by atoms with Crippen molar-refractivity contribution >= 4 is 5.96 Å². The Morgan fingerprint density at radius 3 is 2.90 bits per heavy atom. The van der Waals surface area contributed by atoms with Crippen molar-refractivity contribution in [2.75, 3.05) is 33.4 Å². The third kappa shape index (κ3) is 8.00. The van der Waals surface area contributed by atoms with Crippen molar-refractivity contribution in [2.24, 2.45) is 4.99 Å². The summed E-state index contributed by atoms with van der Waals surface area (Å²) in [6.45, 7) is 4.23. The lowest BCUT2D eigenvalue weighted by Crippen LogP contribution is -2.37. The van der Waals surface area contributed by atoms with Crippen molar-refractivity contribution in [1.29, 1.82) is 0 Å². The van der Waals surface area contributed by atoms with Gasteiger partial charge in [-0.3, -0.25) is 4.99 Å². The third-order valence-electron chi connectivity index (χ3n) is 4.80. The predicted octanol–water partition coefficient (Wildman–Crippen LogP) is 2.91. The molecule has 0 spiro atoms. The average Bonchev–Trinajstić information content (AvgIpc) is 3.31. The summed E-state index contributed by atoms with van der Waals surface area (Å²) < 4.78 is 17.0. The maximum atomic E-state index is 5.80. The predicted molar refractivity (Wildman–Crippen MR) is 118 cm³/mol. The molecule has 0 aliphatic carbocycles. The van der Waals surface area contributed by atoms with E-state index in [0.29, 0.717) is 25.6 Å². The first-order valence-electron chi connectivity index (χ1n) is 10.6.